The summed E-state index contributed by atoms with van der Waals surface area (Å²) in [7, 11) is 4.05. The fraction of sp³-hybridized carbons (Fsp3) is 0.278. The number of nitrogens with two attached hydrogens (primary N) is 1. The van der Waals surface area contributed by atoms with Crippen molar-refractivity contribution in [3.05, 3.63) is 64.7 Å². The van der Waals surface area contributed by atoms with Crippen LogP contribution < -0.4 is 11.1 Å². The molecule has 0 radical (unpaired) electrons. The number of hydrogen-bond donors (Lipinski definition) is 2. The highest BCUT2D eigenvalue weighted by atomic mass is 35.5. The number of carbonyl (C=O) groups excluding carboxylic acids is 1. The molecule has 2 aromatic rings. The first-order valence-electron chi connectivity index (χ1n) is 7.34. The van der Waals surface area contributed by atoms with Crippen molar-refractivity contribution in [3.63, 3.8) is 0 Å². The van der Waals surface area contributed by atoms with E-state index in [0.717, 1.165) is 23.4 Å². The summed E-state index contributed by atoms with van der Waals surface area (Å²) in [6, 6.07) is 13.5. The van der Waals surface area contributed by atoms with E-state index in [-0.39, 0.29) is 30.7 Å². The molecular formula is C18H25Cl2N3O. The predicted molar refractivity (Wildman–Crippen MR) is 105 cm³/mol. The summed E-state index contributed by atoms with van der Waals surface area (Å²) >= 11 is 0. The molecule has 0 aromatic heterocycles. The molecule has 0 heterocycles. The van der Waals surface area contributed by atoms with Crippen molar-refractivity contribution < 1.29 is 4.79 Å². The van der Waals surface area contributed by atoms with Gasteiger partial charge in [-0.25, -0.2) is 0 Å². The first-order valence-corrected chi connectivity index (χ1v) is 7.34. The Labute approximate surface area is 156 Å². The molecule has 0 atom stereocenters. The zero-order valence-corrected chi connectivity index (χ0v) is 15.8. The second-order valence-corrected chi connectivity index (χ2v) is 5.74. The van der Waals surface area contributed by atoms with Gasteiger partial charge in [0.15, 0.2) is 0 Å². The lowest BCUT2D eigenvalue weighted by Crippen LogP contribution is -2.14. The second kappa shape index (κ2) is 10.3. The topological polar surface area (TPSA) is 58.4 Å². The van der Waals surface area contributed by atoms with E-state index in [9.17, 15) is 4.79 Å². The minimum Gasteiger partial charge on any atom is -0.326 e. The van der Waals surface area contributed by atoms with Crippen molar-refractivity contribution >= 4 is 36.4 Å². The van der Waals surface area contributed by atoms with Crippen molar-refractivity contribution in [2.45, 2.75) is 20.0 Å². The number of carbonyl (C=O) groups is 1. The van der Waals surface area contributed by atoms with Crippen LogP contribution in [0.2, 0.25) is 0 Å². The molecule has 0 saturated heterocycles. The first-order chi connectivity index (χ1) is 10.5. The zero-order chi connectivity index (χ0) is 16.1. The van der Waals surface area contributed by atoms with Gasteiger partial charge < -0.3 is 16.0 Å². The van der Waals surface area contributed by atoms with Crippen molar-refractivity contribution in [3.8, 4) is 0 Å². The number of benzene rings is 2. The molecule has 0 spiro atoms. The van der Waals surface area contributed by atoms with Crippen LogP contribution in [-0.2, 0) is 13.1 Å². The smallest absolute Gasteiger partial charge is 0.255 e. The number of aryl methyl sites for hydroxylation is 1. The van der Waals surface area contributed by atoms with Gasteiger partial charge in [0.1, 0.15) is 0 Å². The number of anilines is 1. The molecule has 1 amide bonds. The van der Waals surface area contributed by atoms with Crippen LogP contribution in [0, 0.1) is 6.92 Å². The maximum atomic E-state index is 12.3. The average molecular weight is 370 g/mol. The molecule has 4 nitrogen and oxygen atoms in total. The molecule has 132 valence electrons. The molecule has 0 unspecified atom stereocenters. The van der Waals surface area contributed by atoms with E-state index in [1.807, 2.05) is 45.3 Å². The first kappa shape index (κ1) is 22.4. The highest BCUT2D eigenvalue weighted by molar-refractivity contribution is 6.04. The summed E-state index contributed by atoms with van der Waals surface area (Å²) < 4.78 is 0. The maximum Gasteiger partial charge on any atom is 0.255 e. The molecule has 0 fully saturated rings. The van der Waals surface area contributed by atoms with E-state index in [0.29, 0.717) is 12.1 Å². The van der Waals surface area contributed by atoms with Crippen LogP contribution in [0.15, 0.2) is 42.5 Å². The molecule has 6 heteroatoms. The second-order valence-electron chi connectivity index (χ2n) is 5.74. The summed E-state index contributed by atoms with van der Waals surface area (Å²) in [5.41, 5.74) is 10.3. The molecule has 2 rings (SSSR count). The van der Waals surface area contributed by atoms with Gasteiger partial charge in [-0.3, -0.25) is 4.79 Å². The van der Waals surface area contributed by atoms with Gasteiger partial charge in [0.05, 0.1) is 0 Å². The Morgan fingerprint density at radius 1 is 1.04 bits per heavy atom. The van der Waals surface area contributed by atoms with E-state index in [4.69, 9.17) is 5.73 Å². The van der Waals surface area contributed by atoms with Crippen molar-refractivity contribution in [1.29, 1.82) is 0 Å². The van der Waals surface area contributed by atoms with Gasteiger partial charge in [0.25, 0.3) is 5.91 Å². The molecule has 0 bridgehead atoms. The standard InChI is InChI=1S/C18H23N3O.2ClH/c1-13-4-5-15(12-21(2)3)10-17(13)20-18(22)16-8-6-14(11-19)7-9-16;;/h4-10H,11-12,19H2,1-3H3,(H,20,22);2*1H. The summed E-state index contributed by atoms with van der Waals surface area (Å²) in [4.78, 5) is 14.4. The van der Waals surface area contributed by atoms with Crippen LogP contribution in [0.3, 0.4) is 0 Å². The van der Waals surface area contributed by atoms with Gasteiger partial charge in [0, 0.05) is 24.3 Å². The monoisotopic (exact) mass is 369 g/mol. The maximum absolute atomic E-state index is 12.3. The highest BCUT2D eigenvalue weighted by Gasteiger charge is 2.08. The summed E-state index contributed by atoms with van der Waals surface area (Å²) in [6.45, 7) is 3.31. The molecular weight excluding hydrogens is 345 g/mol. The van der Waals surface area contributed by atoms with E-state index < -0.39 is 0 Å². The van der Waals surface area contributed by atoms with Crippen molar-refractivity contribution in [2.75, 3.05) is 19.4 Å². The third-order valence-corrected chi connectivity index (χ3v) is 3.50. The van der Waals surface area contributed by atoms with Crippen LogP contribution in [0.4, 0.5) is 5.69 Å². The number of nitrogens with one attached hydrogen (secondary N) is 1. The van der Waals surface area contributed by atoms with Gasteiger partial charge in [-0.2, -0.15) is 0 Å². The largest absolute Gasteiger partial charge is 0.326 e. The lowest BCUT2D eigenvalue weighted by Gasteiger charge is -2.14. The van der Waals surface area contributed by atoms with Gasteiger partial charge in [0.2, 0.25) is 0 Å². The Hall–Kier alpha value is -1.59. The molecule has 24 heavy (non-hydrogen) atoms. The van der Waals surface area contributed by atoms with Crippen LogP contribution in [0.25, 0.3) is 0 Å². The number of nitrogens with zero attached hydrogens (tertiary/aromatic N) is 1. The molecule has 0 aliphatic heterocycles. The van der Waals surface area contributed by atoms with Crippen LogP contribution >= 0.6 is 24.8 Å². The van der Waals surface area contributed by atoms with Gasteiger partial charge in [-0.1, -0.05) is 24.3 Å². The Morgan fingerprint density at radius 3 is 2.17 bits per heavy atom. The summed E-state index contributed by atoms with van der Waals surface area (Å²) in [5.74, 6) is -0.103. The molecule has 2 aromatic carbocycles. The molecule has 0 aliphatic carbocycles. The van der Waals surface area contributed by atoms with E-state index in [1.54, 1.807) is 12.1 Å². The lowest BCUT2D eigenvalue weighted by atomic mass is 10.1. The van der Waals surface area contributed by atoms with E-state index in [2.05, 4.69) is 16.3 Å². The fourth-order valence-electron chi connectivity index (χ4n) is 2.25. The summed E-state index contributed by atoms with van der Waals surface area (Å²) in [5, 5.41) is 2.99. The van der Waals surface area contributed by atoms with Crippen molar-refractivity contribution in [2.24, 2.45) is 5.73 Å². The zero-order valence-electron chi connectivity index (χ0n) is 14.2. The minimum absolute atomic E-state index is 0. The van der Waals surface area contributed by atoms with Gasteiger partial charge in [-0.15, -0.1) is 24.8 Å². The number of rotatable bonds is 5. The molecule has 3 N–H and O–H groups in total. The van der Waals surface area contributed by atoms with E-state index in [1.165, 1.54) is 5.56 Å². The lowest BCUT2D eigenvalue weighted by molar-refractivity contribution is 0.102. The number of halogens is 2. The van der Waals surface area contributed by atoms with Gasteiger partial charge in [-0.05, 0) is 55.9 Å². The fourth-order valence-corrected chi connectivity index (χ4v) is 2.25. The SMILES string of the molecule is Cc1ccc(CN(C)C)cc1NC(=O)c1ccc(CN)cc1.Cl.Cl. The Bertz CT molecular complexity index is 658. The third kappa shape index (κ3) is 6.13. The normalized spacial score (nSPS) is 9.88. The molecule has 0 saturated carbocycles. The quantitative estimate of drug-likeness (QED) is 0.845. The predicted octanol–water partition coefficient (Wildman–Crippen LogP) is 3.61. The summed E-state index contributed by atoms with van der Waals surface area (Å²) in [6.07, 6.45) is 0. The average Bonchev–Trinajstić information content (AvgIpc) is 2.50. The van der Waals surface area contributed by atoms with Gasteiger partial charge >= 0.3 is 0 Å². The van der Waals surface area contributed by atoms with Crippen LogP contribution in [0.5, 0.6) is 0 Å². The van der Waals surface area contributed by atoms with E-state index >= 15 is 0 Å². The molecule has 0 aliphatic rings. The Morgan fingerprint density at radius 2 is 1.62 bits per heavy atom. The number of amides is 1. The Kier molecular flexibility index (Phi) is 9.63. The van der Waals surface area contributed by atoms with Crippen molar-refractivity contribution in [1.82, 2.24) is 4.90 Å². The minimum atomic E-state index is -0.103. The third-order valence-electron chi connectivity index (χ3n) is 3.50. The Balaban J connectivity index is 0.00000264. The highest BCUT2D eigenvalue weighted by Crippen LogP contribution is 2.19. The van der Waals surface area contributed by atoms with Crippen LogP contribution in [-0.4, -0.2) is 24.9 Å². The number of hydrogen-bond acceptors (Lipinski definition) is 3. The van der Waals surface area contributed by atoms with Crippen LogP contribution in [0.1, 0.15) is 27.0 Å².